The molecule has 0 saturated heterocycles. The second-order valence-electron chi connectivity index (χ2n) is 8.29. The van der Waals surface area contributed by atoms with Crippen LogP contribution < -0.4 is 19.1 Å². The molecule has 192 valence electrons. The van der Waals surface area contributed by atoms with Crippen molar-refractivity contribution in [3.63, 3.8) is 0 Å². The van der Waals surface area contributed by atoms with Gasteiger partial charge in [-0.25, -0.2) is 8.42 Å². The predicted octanol–water partition coefficient (Wildman–Crippen LogP) is 3.07. The number of nitrogens with zero attached hydrogens (tertiary/aromatic N) is 2. The number of anilines is 1. The average Bonchev–Trinajstić information content (AvgIpc) is 2.79. The Labute approximate surface area is 212 Å². The molecule has 0 fully saturated rings. The summed E-state index contributed by atoms with van der Waals surface area (Å²) in [6.45, 7) is 4.77. The minimum absolute atomic E-state index is 0.0831. The number of carbonyl (C=O) groups excluding carboxylic acids is 2. The van der Waals surface area contributed by atoms with Crippen molar-refractivity contribution < 1.29 is 27.5 Å². The molecule has 0 heterocycles. The lowest BCUT2D eigenvalue weighted by molar-refractivity contribution is -0.139. The largest absolute Gasteiger partial charge is 0.497 e. The lowest BCUT2D eigenvalue weighted by atomic mass is 10.1. The molecule has 0 aromatic heterocycles. The Bertz CT molecular complexity index is 1140. The highest BCUT2D eigenvalue weighted by atomic mass is 35.5. The van der Waals surface area contributed by atoms with Gasteiger partial charge in [-0.3, -0.25) is 13.9 Å². The van der Waals surface area contributed by atoms with Crippen LogP contribution in [0, 0.1) is 0 Å². The summed E-state index contributed by atoms with van der Waals surface area (Å²) >= 11 is 6.10. The molecule has 2 aromatic rings. The number of hydrogen-bond donors (Lipinski definition) is 1. The molecule has 2 aromatic carbocycles. The maximum atomic E-state index is 13.6. The van der Waals surface area contributed by atoms with Gasteiger partial charge in [-0.2, -0.15) is 0 Å². The molecule has 0 spiro atoms. The van der Waals surface area contributed by atoms with E-state index < -0.39 is 28.5 Å². The number of carbonyl (C=O) groups is 2. The van der Waals surface area contributed by atoms with Crippen LogP contribution >= 0.6 is 11.6 Å². The fourth-order valence-electron chi connectivity index (χ4n) is 3.37. The van der Waals surface area contributed by atoms with Gasteiger partial charge in [0.2, 0.25) is 21.8 Å². The molecule has 2 amide bonds. The zero-order valence-electron chi connectivity index (χ0n) is 20.7. The molecule has 2 rings (SSSR count). The van der Waals surface area contributed by atoms with Gasteiger partial charge in [-0.05, 0) is 56.7 Å². The first-order chi connectivity index (χ1) is 16.4. The SMILES string of the molecule is COc1ccc(CN(C(=O)CN(c2cc(Cl)ccc2OC)S(C)(=O)=O)[C@H](C)C(=O)NC(C)C)cc1. The van der Waals surface area contributed by atoms with Gasteiger partial charge in [-0.1, -0.05) is 23.7 Å². The van der Waals surface area contributed by atoms with E-state index in [0.29, 0.717) is 5.75 Å². The number of hydrogen-bond acceptors (Lipinski definition) is 6. The summed E-state index contributed by atoms with van der Waals surface area (Å²) in [5.41, 5.74) is 0.870. The van der Waals surface area contributed by atoms with Crippen molar-refractivity contribution >= 4 is 39.1 Å². The Morgan fingerprint density at radius 1 is 1.03 bits per heavy atom. The number of benzene rings is 2. The maximum absolute atomic E-state index is 13.6. The van der Waals surface area contributed by atoms with Crippen molar-refractivity contribution in [2.24, 2.45) is 0 Å². The number of methoxy groups -OCH3 is 2. The summed E-state index contributed by atoms with van der Waals surface area (Å²) in [4.78, 5) is 27.7. The first-order valence-electron chi connectivity index (χ1n) is 10.9. The molecule has 0 saturated carbocycles. The van der Waals surface area contributed by atoms with E-state index in [2.05, 4.69) is 5.32 Å². The van der Waals surface area contributed by atoms with E-state index in [9.17, 15) is 18.0 Å². The first kappa shape index (κ1) is 28.3. The van der Waals surface area contributed by atoms with Crippen LogP contribution in [0.1, 0.15) is 26.3 Å². The molecule has 0 bridgehead atoms. The van der Waals surface area contributed by atoms with Gasteiger partial charge >= 0.3 is 0 Å². The van der Waals surface area contributed by atoms with Gasteiger partial charge in [0.15, 0.2) is 0 Å². The molecule has 0 radical (unpaired) electrons. The Hall–Kier alpha value is -2.98. The average molecular weight is 526 g/mol. The third-order valence-electron chi connectivity index (χ3n) is 5.20. The molecule has 11 heteroatoms. The van der Waals surface area contributed by atoms with E-state index in [1.165, 1.54) is 24.1 Å². The Balaban J connectivity index is 2.45. The summed E-state index contributed by atoms with van der Waals surface area (Å²) < 4.78 is 36.8. The lowest BCUT2D eigenvalue weighted by Crippen LogP contribution is -2.52. The van der Waals surface area contributed by atoms with Crippen LogP contribution in [-0.4, -0.2) is 64.2 Å². The van der Waals surface area contributed by atoms with E-state index in [1.807, 2.05) is 13.8 Å². The smallest absolute Gasteiger partial charge is 0.244 e. The van der Waals surface area contributed by atoms with Crippen LogP contribution in [0.2, 0.25) is 5.02 Å². The number of halogens is 1. The number of rotatable bonds is 11. The maximum Gasteiger partial charge on any atom is 0.244 e. The van der Waals surface area contributed by atoms with Crippen molar-refractivity contribution in [3.05, 3.63) is 53.1 Å². The first-order valence-corrected chi connectivity index (χ1v) is 13.1. The van der Waals surface area contributed by atoms with Crippen LogP contribution in [0.3, 0.4) is 0 Å². The molecular formula is C24H32ClN3O6S. The van der Waals surface area contributed by atoms with Crippen molar-refractivity contribution in [2.75, 3.05) is 31.3 Å². The minimum Gasteiger partial charge on any atom is -0.497 e. The van der Waals surface area contributed by atoms with Gasteiger partial charge in [0, 0.05) is 17.6 Å². The standard InChI is InChI=1S/C24H32ClN3O6S/c1-16(2)26-24(30)17(3)27(14-18-7-10-20(33-4)11-8-18)23(29)15-28(35(6,31)32)21-13-19(25)9-12-22(21)34-5/h7-13,16-17H,14-15H2,1-6H3,(H,26,30)/t17-/m1/s1. The highest BCUT2D eigenvalue weighted by Gasteiger charge is 2.31. The minimum atomic E-state index is -3.91. The Kier molecular flexibility index (Phi) is 9.79. The Morgan fingerprint density at radius 2 is 1.66 bits per heavy atom. The molecule has 1 N–H and O–H groups in total. The molecule has 0 unspecified atom stereocenters. The summed E-state index contributed by atoms with van der Waals surface area (Å²) in [5.74, 6) is -0.0405. The Morgan fingerprint density at radius 3 is 2.17 bits per heavy atom. The van der Waals surface area contributed by atoms with Crippen molar-refractivity contribution in [1.29, 1.82) is 0 Å². The van der Waals surface area contributed by atoms with Gasteiger partial charge < -0.3 is 19.7 Å². The molecule has 0 aliphatic rings. The van der Waals surface area contributed by atoms with Crippen molar-refractivity contribution in [3.8, 4) is 11.5 Å². The highest BCUT2D eigenvalue weighted by molar-refractivity contribution is 7.92. The van der Waals surface area contributed by atoms with E-state index in [-0.39, 0.29) is 35.0 Å². The van der Waals surface area contributed by atoms with Crippen LogP contribution in [0.15, 0.2) is 42.5 Å². The summed E-state index contributed by atoms with van der Waals surface area (Å²) in [6, 6.07) is 10.5. The molecular weight excluding hydrogens is 494 g/mol. The van der Waals surface area contributed by atoms with Crippen molar-refractivity contribution in [2.45, 2.75) is 39.4 Å². The van der Waals surface area contributed by atoms with E-state index in [1.54, 1.807) is 44.4 Å². The quantitative estimate of drug-likeness (QED) is 0.483. The second-order valence-corrected chi connectivity index (χ2v) is 10.6. The molecule has 0 aliphatic heterocycles. The van der Waals surface area contributed by atoms with Gasteiger partial charge in [-0.15, -0.1) is 0 Å². The third kappa shape index (κ3) is 7.76. The highest BCUT2D eigenvalue weighted by Crippen LogP contribution is 2.33. The van der Waals surface area contributed by atoms with Gasteiger partial charge in [0.25, 0.3) is 0 Å². The predicted molar refractivity (Wildman–Crippen MR) is 136 cm³/mol. The molecule has 0 aliphatic carbocycles. The summed E-state index contributed by atoms with van der Waals surface area (Å²) in [6.07, 6.45) is 0.989. The fourth-order valence-corrected chi connectivity index (χ4v) is 4.38. The topological polar surface area (TPSA) is 105 Å². The molecule has 9 nitrogen and oxygen atoms in total. The molecule has 1 atom stereocenters. The van der Waals surface area contributed by atoms with Gasteiger partial charge in [0.05, 0.1) is 26.2 Å². The van der Waals surface area contributed by atoms with Crippen LogP contribution in [0.4, 0.5) is 5.69 Å². The number of sulfonamides is 1. The van der Waals surface area contributed by atoms with Crippen LogP contribution in [-0.2, 0) is 26.2 Å². The second kappa shape index (κ2) is 12.1. The van der Waals surface area contributed by atoms with Crippen LogP contribution in [0.5, 0.6) is 11.5 Å². The summed E-state index contributed by atoms with van der Waals surface area (Å²) in [7, 11) is -0.972. The number of ether oxygens (including phenoxy) is 2. The van der Waals surface area contributed by atoms with E-state index in [4.69, 9.17) is 21.1 Å². The normalized spacial score (nSPS) is 12.1. The zero-order valence-corrected chi connectivity index (χ0v) is 22.3. The van der Waals surface area contributed by atoms with E-state index in [0.717, 1.165) is 16.1 Å². The third-order valence-corrected chi connectivity index (χ3v) is 6.56. The molecule has 35 heavy (non-hydrogen) atoms. The number of amides is 2. The zero-order chi connectivity index (χ0) is 26.3. The van der Waals surface area contributed by atoms with Crippen LogP contribution in [0.25, 0.3) is 0 Å². The van der Waals surface area contributed by atoms with E-state index >= 15 is 0 Å². The van der Waals surface area contributed by atoms with Gasteiger partial charge in [0.1, 0.15) is 24.1 Å². The monoisotopic (exact) mass is 525 g/mol. The van der Waals surface area contributed by atoms with Crippen molar-refractivity contribution in [1.82, 2.24) is 10.2 Å². The fraction of sp³-hybridized carbons (Fsp3) is 0.417. The lowest BCUT2D eigenvalue weighted by Gasteiger charge is -2.32. The number of nitrogens with one attached hydrogen (secondary N) is 1. The summed E-state index contributed by atoms with van der Waals surface area (Å²) in [5, 5.41) is 3.08.